The highest BCUT2D eigenvalue weighted by Gasteiger charge is 2.13. The highest BCUT2D eigenvalue weighted by atomic mass is 32.1. The summed E-state index contributed by atoms with van der Waals surface area (Å²) in [6, 6.07) is 10.00. The predicted octanol–water partition coefficient (Wildman–Crippen LogP) is 3.16. The lowest BCUT2D eigenvalue weighted by Gasteiger charge is -2.06. The Morgan fingerprint density at radius 3 is 2.38 bits per heavy atom. The van der Waals surface area contributed by atoms with Gasteiger partial charge in [0, 0.05) is 5.56 Å². The largest absolute Gasteiger partial charge is 0.494 e. The molecule has 0 aliphatic carbocycles. The summed E-state index contributed by atoms with van der Waals surface area (Å²) in [5.74, 6) is -0.113. The van der Waals surface area contributed by atoms with Gasteiger partial charge in [-0.15, -0.1) is 0 Å². The maximum absolute atomic E-state index is 12.2. The van der Waals surface area contributed by atoms with Crippen LogP contribution in [-0.2, 0) is 4.74 Å². The zero-order valence-electron chi connectivity index (χ0n) is 14.5. The summed E-state index contributed by atoms with van der Waals surface area (Å²) in [6.07, 6.45) is 0. The van der Waals surface area contributed by atoms with Crippen LogP contribution in [0.3, 0.4) is 0 Å². The van der Waals surface area contributed by atoms with Crippen molar-refractivity contribution in [2.75, 3.05) is 19.6 Å². The standard InChI is InChI=1S/C18H17N3O4S/c1-10-4-9-13(24-2)14-15(10)26-18(19-14)21-20-16(22)11-5-7-12(8-6-11)17(23)25-3/h4-9H,1-3H3,(H,19,21)(H,20,22). The molecule has 0 fully saturated rings. The fraction of sp³-hybridized carbons (Fsp3) is 0.167. The van der Waals surface area contributed by atoms with Crippen LogP contribution >= 0.6 is 11.3 Å². The molecule has 8 heteroatoms. The molecule has 2 aromatic carbocycles. The third kappa shape index (κ3) is 3.45. The Morgan fingerprint density at radius 1 is 1.04 bits per heavy atom. The van der Waals surface area contributed by atoms with Crippen LogP contribution in [0.5, 0.6) is 5.75 Å². The number of rotatable bonds is 5. The second-order valence-electron chi connectivity index (χ2n) is 5.43. The Morgan fingerprint density at radius 2 is 1.73 bits per heavy atom. The number of methoxy groups -OCH3 is 2. The van der Waals surface area contributed by atoms with Gasteiger partial charge in [-0.1, -0.05) is 17.4 Å². The third-order valence-electron chi connectivity index (χ3n) is 3.77. The van der Waals surface area contributed by atoms with Gasteiger partial charge in [0.15, 0.2) is 0 Å². The van der Waals surface area contributed by atoms with Gasteiger partial charge in [0.2, 0.25) is 5.13 Å². The van der Waals surface area contributed by atoms with Crippen LogP contribution in [0.4, 0.5) is 5.13 Å². The second kappa shape index (κ2) is 7.40. The molecule has 1 aromatic heterocycles. The monoisotopic (exact) mass is 371 g/mol. The Balaban J connectivity index is 1.72. The van der Waals surface area contributed by atoms with E-state index in [1.807, 2.05) is 19.1 Å². The Kier molecular flexibility index (Phi) is 5.04. The van der Waals surface area contributed by atoms with Crippen LogP contribution in [-0.4, -0.2) is 31.1 Å². The number of amides is 1. The number of carbonyl (C=O) groups is 2. The van der Waals surface area contributed by atoms with Gasteiger partial charge < -0.3 is 9.47 Å². The summed E-state index contributed by atoms with van der Waals surface area (Å²) in [7, 11) is 2.90. The molecule has 0 saturated heterocycles. The van der Waals surface area contributed by atoms with Crippen LogP contribution in [0, 0.1) is 6.92 Å². The van der Waals surface area contributed by atoms with Gasteiger partial charge in [-0.3, -0.25) is 15.6 Å². The van der Waals surface area contributed by atoms with Crippen LogP contribution < -0.4 is 15.6 Å². The summed E-state index contributed by atoms with van der Waals surface area (Å²) in [5, 5.41) is 0.548. The van der Waals surface area contributed by atoms with Crippen molar-refractivity contribution in [3.8, 4) is 5.75 Å². The smallest absolute Gasteiger partial charge is 0.337 e. The minimum atomic E-state index is -0.450. The first-order chi connectivity index (χ1) is 12.5. The number of esters is 1. The van der Waals surface area contributed by atoms with Crippen LogP contribution in [0.15, 0.2) is 36.4 Å². The number of ether oxygens (including phenoxy) is 2. The highest BCUT2D eigenvalue weighted by Crippen LogP contribution is 2.34. The average Bonchev–Trinajstić information content (AvgIpc) is 3.11. The van der Waals surface area contributed by atoms with Crippen LogP contribution in [0.25, 0.3) is 10.2 Å². The molecule has 26 heavy (non-hydrogen) atoms. The molecule has 2 N–H and O–H groups in total. The summed E-state index contributed by atoms with van der Waals surface area (Å²) >= 11 is 1.42. The lowest BCUT2D eigenvalue weighted by molar-refractivity contribution is 0.0600. The molecule has 0 saturated carbocycles. The van der Waals surface area contributed by atoms with Gasteiger partial charge in [-0.25, -0.2) is 9.78 Å². The van der Waals surface area contributed by atoms with Crippen molar-refractivity contribution in [3.63, 3.8) is 0 Å². The first-order valence-corrected chi connectivity index (χ1v) is 8.54. The molecule has 0 radical (unpaired) electrons. The molecule has 7 nitrogen and oxygen atoms in total. The number of hydrogen-bond acceptors (Lipinski definition) is 7. The molecular formula is C18H17N3O4S. The first kappa shape index (κ1) is 17.7. The minimum Gasteiger partial charge on any atom is -0.494 e. The number of thiazole rings is 1. The highest BCUT2D eigenvalue weighted by molar-refractivity contribution is 7.22. The zero-order valence-corrected chi connectivity index (χ0v) is 15.3. The number of aryl methyl sites for hydroxylation is 1. The fourth-order valence-electron chi connectivity index (χ4n) is 2.39. The van der Waals surface area contributed by atoms with Gasteiger partial charge in [0.25, 0.3) is 5.91 Å². The maximum Gasteiger partial charge on any atom is 0.337 e. The van der Waals surface area contributed by atoms with Crippen molar-refractivity contribution in [2.45, 2.75) is 6.92 Å². The molecular weight excluding hydrogens is 354 g/mol. The van der Waals surface area contributed by atoms with Gasteiger partial charge in [0.05, 0.1) is 24.5 Å². The number of benzene rings is 2. The fourth-order valence-corrected chi connectivity index (χ4v) is 3.29. The van der Waals surface area contributed by atoms with E-state index >= 15 is 0 Å². The molecule has 134 valence electrons. The molecule has 0 aliphatic heterocycles. The number of nitrogens with zero attached hydrogens (tertiary/aromatic N) is 1. The topological polar surface area (TPSA) is 89.6 Å². The van der Waals surface area contributed by atoms with E-state index in [0.29, 0.717) is 22.0 Å². The normalized spacial score (nSPS) is 10.4. The Bertz CT molecular complexity index is 966. The molecule has 1 amide bonds. The van der Waals surface area contributed by atoms with Gasteiger partial charge in [-0.05, 0) is 42.8 Å². The van der Waals surface area contributed by atoms with E-state index in [2.05, 4.69) is 20.6 Å². The zero-order chi connectivity index (χ0) is 18.7. The van der Waals surface area contributed by atoms with Crippen molar-refractivity contribution in [1.82, 2.24) is 10.4 Å². The second-order valence-corrected chi connectivity index (χ2v) is 6.43. The summed E-state index contributed by atoms with van der Waals surface area (Å²) in [6.45, 7) is 1.99. The number of anilines is 1. The molecule has 1 heterocycles. The van der Waals surface area contributed by atoms with Crippen molar-refractivity contribution in [1.29, 1.82) is 0 Å². The Labute approximate surface area is 153 Å². The van der Waals surface area contributed by atoms with E-state index in [0.717, 1.165) is 15.8 Å². The van der Waals surface area contributed by atoms with Crippen LogP contribution in [0.1, 0.15) is 26.3 Å². The SMILES string of the molecule is COC(=O)c1ccc(C(=O)NNc2nc3c(OC)ccc(C)c3s2)cc1. The molecule has 0 bridgehead atoms. The summed E-state index contributed by atoms with van der Waals surface area (Å²) in [4.78, 5) is 28.1. The molecule has 3 aromatic rings. The molecule has 0 aliphatic rings. The van der Waals surface area contributed by atoms with Gasteiger partial charge >= 0.3 is 5.97 Å². The van der Waals surface area contributed by atoms with Crippen molar-refractivity contribution in [3.05, 3.63) is 53.1 Å². The lowest BCUT2D eigenvalue weighted by atomic mass is 10.1. The van der Waals surface area contributed by atoms with E-state index in [1.54, 1.807) is 19.2 Å². The quantitative estimate of drug-likeness (QED) is 0.529. The Hall–Kier alpha value is -3.13. The lowest BCUT2D eigenvalue weighted by Crippen LogP contribution is -2.29. The van der Waals surface area contributed by atoms with E-state index in [-0.39, 0.29) is 5.91 Å². The number of carbonyl (C=O) groups excluding carboxylic acids is 2. The van der Waals surface area contributed by atoms with Gasteiger partial charge in [-0.2, -0.15) is 0 Å². The molecule has 3 rings (SSSR count). The predicted molar refractivity (Wildman–Crippen MR) is 99.8 cm³/mol. The summed E-state index contributed by atoms with van der Waals surface area (Å²) in [5.41, 5.74) is 8.03. The van der Waals surface area contributed by atoms with Crippen molar-refractivity contribution >= 4 is 38.6 Å². The van der Waals surface area contributed by atoms with E-state index < -0.39 is 5.97 Å². The van der Waals surface area contributed by atoms with E-state index in [9.17, 15) is 9.59 Å². The third-order valence-corrected chi connectivity index (χ3v) is 4.88. The van der Waals surface area contributed by atoms with E-state index in [4.69, 9.17) is 4.74 Å². The van der Waals surface area contributed by atoms with Crippen LogP contribution in [0.2, 0.25) is 0 Å². The molecule has 0 atom stereocenters. The number of hydrogen-bond donors (Lipinski definition) is 2. The number of nitrogens with one attached hydrogen (secondary N) is 2. The molecule has 0 unspecified atom stereocenters. The first-order valence-electron chi connectivity index (χ1n) is 7.72. The maximum atomic E-state index is 12.2. The number of hydrazine groups is 1. The van der Waals surface area contributed by atoms with Crippen molar-refractivity contribution < 1.29 is 19.1 Å². The van der Waals surface area contributed by atoms with E-state index in [1.165, 1.54) is 30.6 Å². The average molecular weight is 371 g/mol. The van der Waals surface area contributed by atoms with Gasteiger partial charge in [0.1, 0.15) is 11.3 Å². The number of aromatic nitrogens is 1. The summed E-state index contributed by atoms with van der Waals surface area (Å²) < 4.78 is 10.9. The molecule has 0 spiro atoms. The van der Waals surface area contributed by atoms with Crippen molar-refractivity contribution in [2.24, 2.45) is 0 Å². The number of fused-ring (bicyclic) bond motifs is 1. The minimum absolute atomic E-state index is 0.343.